The first-order chi connectivity index (χ1) is 10.3. The zero-order valence-electron chi connectivity index (χ0n) is 12.2. The molecule has 1 aliphatic heterocycles. The van der Waals surface area contributed by atoms with Crippen LogP contribution in [0.3, 0.4) is 0 Å². The zero-order chi connectivity index (χ0) is 14.7. The highest BCUT2D eigenvalue weighted by molar-refractivity contribution is 5.70. The normalized spacial score (nSPS) is 15.0. The summed E-state index contributed by atoms with van der Waals surface area (Å²) in [6.07, 6.45) is 3.64. The van der Waals surface area contributed by atoms with Crippen molar-refractivity contribution in [1.82, 2.24) is 9.97 Å². The average molecular weight is 284 g/mol. The summed E-state index contributed by atoms with van der Waals surface area (Å²) in [4.78, 5) is 11.3. The molecule has 0 saturated carbocycles. The van der Waals surface area contributed by atoms with Gasteiger partial charge in [-0.25, -0.2) is 4.98 Å². The predicted molar refractivity (Wildman–Crippen MR) is 84.5 cm³/mol. The molecule has 0 atom stereocenters. The van der Waals surface area contributed by atoms with Gasteiger partial charge in [-0.15, -0.1) is 0 Å². The van der Waals surface area contributed by atoms with E-state index in [0.717, 1.165) is 36.0 Å². The maximum Gasteiger partial charge on any atom is 0.227 e. The second kappa shape index (κ2) is 5.99. The first-order valence-electron chi connectivity index (χ1n) is 7.31. The predicted octanol–water partition coefficient (Wildman–Crippen LogP) is 2.72. The molecule has 1 aliphatic rings. The van der Waals surface area contributed by atoms with E-state index in [1.807, 2.05) is 24.3 Å². The van der Waals surface area contributed by atoms with E-state index in [9.17, 15) is 0 Å². The Labute approximate surface area is 124 Å². The molecular formula is C16H20N4O. The van der Waals surface area contributed by atoms with Crippen LogP contribution in [0.2, 0.25) is 0 Å². The van der Waals surface area contributed by atoms with Crippen molar-refractivity contribution in [3.63, 3.8) is 0 Å². The summed E-state index contributed by atoms with van der Waals surface area (Å²) in [7, 11) is 1.66. The van der Waals surface area contributed by atoms with Gasteiger partial charge in [0.15, 0.2) is 0 Å². The van der Waals surface area contributed by atoms with Gasteiger partial charge >= 0.3 is 0 Å². The van der Waals surface area contributed by atoms with E-state index in [0.29, 0.717) is 5.82 Å². The lowest BCUT2D eigenvalue weighted by Crippen LogP contribution is -2.31. The van der Waals surface area contributed by atoms with Crippen LogP contribution in [0.4, 0.5) is 11.8 Å². The highest BCUT2D eigenvalue weighted by atomic mass is 16.5. The molecule has 3 rings (SSSR count). The molecule has 5 nitrogen and oxygen atoms in total. The molecule has 2 heterocycles. The van der Waals surface area contributed by atoms with Gasteiger partial charge in [-0.1, -0.05) is 12.1 Å². The van der Waals surface area contributed by atoms with Crippen LogP contribution in [0, 0.1) is 0 Å². The number of methoxy groups -OCH3 is 1. The topological polar surface area (TPSA) is 64.3 Å². The highest BCUT2D eigenvalue weighted by Gasteiger charge is 2.16. The van der Waals surface area contributed by atoms with Gasteiger partial charge in [-0.3, -0.25) is 0 Å². The van der Waals surface area contributed by atoms with Crippen molar-refractivity contribution in [2.24, 2.45) is 0 Å². The van der Waals surface area contributed by atoms with Crippen LogP contribution in [-0.2, 0) is 0 Å². The molecule has 1 saturated heterocycles. The van der Waals surface area contributed by atoms with E-state index < -0.39 is 0 Å². The Morgan fingerprint density at radius 1 is 1.10 bits per heavy atom. The molecule has 0 aliphatic carbocycles. The van der Waals surface area contributed by atoms with Crippen molar-refractivity contribution in [3.8, 4) is 17.0 Å². The number of nitrogens with two attached hydrogens (primary N) is 1. The second-order valence-electron chi connectivity index (χ2n) is 5.23. The third-order valence-electron chi connectivity index (χ3n) is 3.76. The molecule has 1 aromatic heterocycles. The van der Waals surface area contributed by atoms with Crippen molar-refractivity contribution < 1.29 is 4.74 Å². The van der Waals surface area contributed by atoms with E-state index in [-0.39, 0.29) is 0 Å². The van der Waals surface area contributed by atoms with Gasteiger partial charge in [-0.05, 0) is 31.4 Å². The van der Waals surface area contributed by atoms with Gasteiger partial charge in [-0.2, -0.15) is 4.98 Å². The van der Waals surface area contributed by atoms with Crippen molar-refractivity contribution in [3.05, 3.63) is 30.3 Å². The SMILES string of the molecule is COc1ccccc1-c1cc(N)nc(N2CCCCC2)n1. The van der Waals surface area contributed by atoms with Gasteiger partial charge in [0.25, 0.3) is 0 Å². The monoisotopic (exact) mass is 284 g/mol. The quantitative estimate of drug-likeness (QED) is 0.939. The molecule has 0 bridgehead atoms. The first kappa shape index (κ1) is 13.7. The molecular weight excluding hydrogens is 264 g/mol. The molecule has 0 spiro atoms. The highest BCUT2D eigenvalue weighted by Crippen LogP contribution is 2.30. The minimum atomic E-state index is 0.492. The average Bonchev–Trinajstić information content (AvgIpc) is 2.55. The lowest BCUT2D eigenvalue weighted by Gasteiger charge is -2.27. The molecule has 1 fully saturated rings. The Morgan fingerprint density at radius 2 is 1.86 bits per heavy atom. The van der Waals surface area contributed by atoms with Crippen molar-refractivity contribution >= 4 is 11.8 Å². The van der Waals surface area contributed by atoms with Gasteiger partial charge in [0.1, 0.15) is 11.6 Å². The Bertz CT molecular complexity index is 623. The number of hydrogen-bond acceptors (Lipinski definition) is 5. The Hall–Kier alpha value is -2.30. The molecule has 0 unspecified atom stereocenters. The number of para-hydroxylation sites is 1. The lowest BCUT2D eigenvalue weighted by molar-refractivity contribution is 0.416. The zero-order valence-corrected chi connectivity index (χ0v) is 12.2. The fourth-order valence-corrected chi connectivity index (χ4v) is 2.68. The van der Waals surface area contributed by atoms with Crippen LogP contribution in [0.5, 0.6) is 5.75 Å². The number of nitrogen functional groups attached to an aromatic ring is 1. The van der Waals surface area contributed by atoms with Crippen LogP contribution < -0.4 is 15.4 Å². The number of piperidine rings is 1. The second-order valence-corrected chi connectivity index (χ2v) is 5.23. The largest absolute Gasteiger partial charge is 0.496 e. The molecule has 5 heteroatoms. The summed E-state index contributed by atoms with van der Waals surface area (Å²) in [6.45, 7) is 1.99. The Balaban J connectivity index is 2.01. The summed E-state index contributed by atoms with van der Waals surface area (Å²) in [5, 5.41) is 0. The van der Waals surface area contributed by atoms with Crippen LogP contribution in [0.1, 0.15) is 19.3 Å². The number of anilines is 2. The Morgan fingerprint density at radius 3 is 2.62 bits per heavy atom. The fourth-order valence-electron chi connectivity index (χ4n) is 2.68. The maximum absolute atomic E-state index is 5.98. The van der Waals surface area contributed by atoms with Gasteiger partial charge in [0, 0.05) is 24.7 Å². The third kappa shape index (κ3) is 2.91. The molecule has 0 radical (unpaired) electrons. The number of nitrogens with zero attached hydrogens (tertiary/aromatic N) is 3. The number of benzene rings is 1. The minimum absolute atomic E-state index is 0.492. The number of rotatable bonds is 3. The summed E-state index contributed by atoms with van der Waals surface area (Å²) in [5.41, 5.74) is 7.72. The van der Waals surface area contributed by atoms with E-state index >= 15 is 0 Å². The van der Waals surface area contributed by atoms with Crippen LogP contribution in [-0.4, -0.2) is 30.2 Å². The standard InChI is InChI=1S/C16H20N4O/c1-21-14-8-4-3-7-12(14)13-11-15(17)19-16(18-13)20-9-5-2-6-10-20/h3-4,7-8,11H,2,5-6,9-10H2,1H3,(H2,17,18,19). The molecule has 110 valence electrons. The molecule has 21 heavy (non-hydrogen) atoms. The van der Waals surface area contributed by atoms with Gasteiger partial charge < -0.3 is 15.4 Å². The van der Waals surface area contributed by atoms with E-state index in [1.165, 1.54) is 19.3 Å². The molecule has 0 amide bonds. The van der Waals surface area contributed by atoms with E-state index in [2.05, 4.69) is 9.88 Å². The van der Waals surface area contributed by atoms with E-state index in [1.54, 1.807) is 13.2 Å². The Kier molecular flexibility index (Phi) is 3.90. The van der Waals surface area contributed by atoms with Gasteiger partial charge in [0.2, 0.25) is 5.95 Å². The van der Waals surface area contributed by atoms with Crippen LogP contribution >= 0.6 is 0 Å². The molecule has 1 aromatic carbocycles. The van der Waals surface area contributed by atoms with Crippen molar-refractivity contribution in [1.29, 1.82) is 0 Å². The smallest absolute Gasteiger partial charge is 0.227 e. The van der Waals surface area contributed by atoms with Gasteiger partial charge in [0.05, 0.1) is 12.8 Å². The fraction of sp³-hybridized carbons (Fsp3) is 0.375. The summed E-state index contributed by atoms with van der Waals surface area (Å²) in [6, 6.07) is 9.62. The van der Waals surface area contributed by atoms with Crippen molar-refractivity contribution in [2.75, 3.05) is 30.8 Å². The number of aromatic nitrogens is 2. The van der Waals surface area contributed by atoms with Crippen LogP contribution in [0.25, 0.3) is 11.3 Å². The maximum atomic E-state index is 5.98. The summed E-state index contributed by atoms with van der Waals surface area (Å²) < 4.78 is 5.41. The third-order valence-corrected chi connectivity index (χ3v) is 3.76. The number of ether oxygens (including phenoxy) is 1. The van der Waals surface area contributed by atoms with Crippen molar-refractivity contribution in [2.45, 2.75) is 19.3 Å². The lowest BCUT2D eigenvalue weighted by atomic mass is 10.1. The minimum Gasteiger partial charge on any atom is -0.496 e. The molecule has 2 aromatic rings. The summed E-state index contributed by atoms with van der Waals surface area (Å²) in [5.74, 6) is 2.00. The molecule has 2 N–H and O–H groups in total. The van der Waals surface area contributed by atoms with E-state index in [4.69, 9.17) is 15.5 Å². The summed E-state index contributed by atoms with van der Waals surface area (Å²) >= 11 is 0. The van der Waals surface area contributed by atoms with Crippen LogP contribution in [0.15, 0.2) is 30.3 Å². The number of hydrogen-bond donors (Lipinski definition) is 1. The first-order valence-corrected chi connectivity index (χ1v) is 7.31.